The number of para-hydroxylation sites is 2. The number of fused-ring (bicyclic) bond motifs is 1. The summed E-state index contributed by atoms with van der Waals surface area (Å²) in [6.07, 6.45) is 0. The number of benzene rings is 2. The molecular formula is C16H11FN2O3. The van der Waals surface area contributed by atoms with Crippen molar-refractivity contribution in [3.8, 4) is 17.6 Å². The first-order valence-electron chi connectivity index (χ1n) is 6.47. The molecule has 0 saturated heterocycles. The lowest BCUT2D eigenvalue weighted by atomic mass is 10.0. The summed E-state index contributed by atoms with van der Waals surface area (Å²) in [5.74, 6) is -1.35. The first-order valence-corrected chi connectivity index (χ1v) is 6.47. The van der Waals surface area contributed by atoms with Crippen molar-refractivity contribution in [3.63, 3.8) is 0 Å². The summed E-state index contributed by atoms with van der Waals surface area (Å²) in [5.41, 5.74) is 0.219. The number of anilines is 1. The number of halogens is 1. The number of nitrogens with zero attached hydrogens (tertiary/aromatic N) is 2. The van der Waals surface area contributed by atoms with Crippen LogP contribution >= 0.6 is 0 Å². The lowest BCUT2D eigenvalue weighted by Crippen LogP contribution is -2.27. The fourth-order valence-electron chi connectivity index (χ4n) is 2.58. The van der Waals surface area contributed by atoms with Crippen LogP contribution in [0.4, 0.5) is 10.1 Å². The number of carbonyl (C=O) groups excluding carboxylic acids is 1. The van der Waals surface area contributed by atoms with Crippen LogP contribution in [0, 0.1) is 17.1 Å². The number of carbonyl (C=O) groups is 1. The van der Waals surface area contributed by atoms with Gasteiger partial charge in [-0.1, -0.05) is 12.1 Å². The number of phenols is 1. The molecule has 2 aromatic carbocycles. The maximum Gasteiger partial charge on any atom is 0.263 e. The molecule has 22 heavy (non-hydrogen) atoms. The largest absolute Gasteiger partial charge is 0.506 e. The van der Waals surface area contributed by atoms with E-state index >= 15 is 0 Å². The van der Waals surface area contributed by atoms with E-state index in [1.165, 1.54) is 25.3 Å². The molecule has 1 unspecified atom stereocenters. The fraction of sp³-hybridized carbons (Fsp3) is 0.125. The summed E-state index contributed by atoms with van der Waals surface area (Å²) < 4.78 is 19.2. The van der Waals surface area contributed by atoms with E-state index in [0.29, 0.717) is 0 Å². The van der Waals surface area contributed by atoms with Gasteiger partial charge in [-0.25, -0.2) is 4.39 Å². The van der Waals surface area contributed by atoms with Gasteiger partial charge in [-0.15, -0.1) is 0 Å². The Kier molecular flexibility index (Phi) is 3.18. The lowest BCUT2D eigenvalue weighted by Gasteiger charge is -2.20. The van der Waals surface area contributed by atoms with Gasteiger partial charge in [-0.3, -0.25) is 9.69 Å². The minimum absolute atomic E-state index is 0.156. The van der Waals surface area contributed by atoms with Gasteiger partial charge in [0.05, 0.1) is 24.4 Å². The van der Waals surface area contributed by atoms with E-state index < -0.39 is 17.8 Å². The summed E-state index contributed by atoms with van der Waals surface area (Å²) >= 11 is 0. The number of nitriles is 1. The molecule has 5 nitrogen and oxygen atoms in total. The van der Waals surface area contributed by atoms with Gasteiger partial charge in [0.1, 0.15) is 17.3 Å². The van der Waals surface area contributed by atoms with Crippen molar-refractivity contribution in [1.29, 1.82) is 5.26 Å². The maximum absolute atomic E-state index is 14.2. The Morgan fingerprint density at radius 3 is 2.73 bits per heavy atom. The molecule has 1 N–H and O–H groups in total. The number of amides is 1. The van der Waals surface area contributed by atoms with Crippen LogP contribution in [-0.2, 0) is 0 Å². The zero-order valence-electron chi connectivity index (χ0n) is 11.6. The van der Waals surface area contributed by atoms with Crippen LogP contribution in [0.25, 0.3) is 0 Å². The Morgan fingerprint density at radius 1 is 1.36 bits per heavy atom. The van der Waals surface area contributed by atoms with Crippen molar-refractivity contribution >= 4 is 11.6 Å². The van der Waals surface area contributed by atoms with E-state index in [-0.39, 0.29) is 28.3 Å². The highest BCUT2D eigenvalue weighted by atomic mass is 19.1. The van der Waals surface area contributed by atoms with E-state index in [1.54, 1.807) is 12.1 Å². The van der Waals surface area contributed by atoms with Gasteiger partial charge < -0.3 is 9.84 Å². The van der Waals surface area contributed by atoms with Crippen LogP contribution < -0.4 is 9.64 Å². The van der Waals surface area contributed by atoms with Gasteiger partial charge in [0, 0.05) is 11.6 Å². The Bertz CT molecular complexity index is 814. The maximum atomic E-state index is 14.2. The Hall–Kier alpha value is -3.07. The molecule has 1 aliphatic heterocycles. The van der Waals surface area contributed by atoms with Crippen molar-refractivity contribution in [3.05, 3.63) is 53.3 Å². The minimum Gasteiger partial charge on any atom is -0.506 e. The standard InChI is InChI=1S/C16H11FN2O3/c1-22-9-6-10-13(8-18)19(12-4-2-3-5-14(12)20)16(21)15(10)11(17)7-9/h2-7,13,20H,1H3. The van der Waals surface area contributed by atoms with Crippen molar-refractivity contribution in [2.24, 2.45) is 0 Å². The lowest BCUT2D eigenvalue weighted by molar-refractivity contribution is 0.0990. The first-order chi connectivity index (χ1) is 10.6. The van der Waals surface area contributed by atoms with Gasteiger partial charge in [0.15, 0.2) is 6.04 Å². The molecule has 0 saturated carbocycles. The molecule has 0 aromatic heterocycles. The molecule has 0 fully saturated rings. The highest BCUT2D eigenvalue weighted by Crippen LogP contribution is 2.42. The Labute approximate surface area is 125 Å². The first kappa shape index (κ1) is 13.9. The molecule has 1 aliphatic rings. The van der Waals surface area contributed by atoms with Crippen molar-refractivity contribution in [2.45, 2.75) is 6.04 Å². The van der Waals surface area contributed by atoms with Gasteiger partial charge >= 0.3 is 0 Å². The van der Waals surface area contributed by atoms with E-state index in [1.807, 2.05) is 6.07 Å². The van der Waals surface area contributed by atoms with E-state index in [2.05, 4.69) is 0 Å². The van der Waals surface area contributed by atoms with Crippen LogP contribution in [0.1, 0.15) is 22.0 Å². The summed E-state index contributed by atoms with van der Waals surface area (Å²) in [6, 6.07) is 9.62. The number of ether oxygens (including phenoxy) is 1. The van der Waals surface area contributed by atoms with Gasteiger partial charge in [0.2, 0.25) is 0 Å². The van der Waals surface area contributed by atoms with Crippen LogP contribution in [0.5, 0.6) is 11.5 Å². The summed E-state index contributed by atoms with van der Waals surface area (Å²) in [7, 11) is 1.38. The molecule has 1 heterocycles. The molecular weight excluding hydrogens is 287 g/mol. The fourth-order valence-corrected chi connectivity index (χ4v) is 2.58. The van der Waals surface area contributed by atoms with Crippen LogP contribution in [-0.4, -0.2) is 18.1 Å². The molecule has 6 heteroatoms. The zero-order valence-corrected chi connectivity index (χ0v) is 11.6. The molecule has 1 amide bonds. The van der Waals surface area contributed by atoms with E-state index in [0.717, 1.165) is 11.0 Å². The normalized spacial score (nSPS) is 16.3. The second kappa shape index (κ2) is 5.04. The molecule has 0 bridgehead atoms. The molecule has 3 rings (SSSR count). The Balaban J connectivity index is 2.21. The van der Waals surface area contributed by atoms with Crippen molar-refractivity contribution in [2.75, 3.05) is 12.0 Å². The summed E-state index contributed by atoms with van der Waals surface area (Å²) in [5, 5.41) is 19.3. The van der Waals surface area contributed by atoms with Crippen LogP contribution in [0.2, 0.25) is 0 Å². The molecule has 0 aliphatic carbocycles. The number of hydrogen-bond donors (Lipinski definition) is 1. The van der Waals surface area contributed by atoms with Gasteiger partial charge in [-0.05, 0) is 18.2 Å². The molecule has 0 radical (unpaired) electrons. The van der Waals surface area contributed by atoms with E-state index in [4.69, 9.17) is 4.74 Å². The summed E-state index contributed by atoms with van der Waals surface area (Å²) in [6.45, 7) is 0. The molecule has 2 aromatic rings. The monoisotopic (exact) mass is 298 g/mol. The number of methoxy groups -OCH3 is 1. The van der Waals surface area contributed by atoms with Crippen molar-refractivity contribution < 1.29 is 19.0 Å². The second-order valence-electron chi connectivity index (χ2n) is 4.77. The number of rotatable bonds is 2. The Morgan fingerprint density at radius 2 is 2.09 bits per heavy atom. The summed E-state index contributed by atoms with van der Waals surface area (Å²) in [4.78, 5) is 13.6. The average Bonchev–Trinajstić information content (AvgIpc) is 2.80. The average molecular weight is 298 g/mol. The molecule has 0 spiro atoms. The van der Waals surface area contributed by atoms with Crippen LogP contribution in [0.15, 0.2) is 36.4 Å². The minimum atomic E-state index is -1.03. The zero-order chi connectivity index (χ0) is 15.9. The number of phenolic OH excluding ortho intramolecular Hbond substituents is 1. The second-order valence-corrected chi connectivity index (χ2v) is 4.77. The highest BCUT2D eigenvalue weighted by Gasteiger charge is 2.41. The topological polar surface area (TPSA) is 73.6 Å². The molecule has 110 valence electrons. The quantitative estimate of drug-likeness (QED) is 0.925. The van der Waals surface area contributed by atoms with Crippen LogP contribution in [0.3, 0.4) is 0 Å². The smallest absolute Gasteiger partial charge is 0.263 e. The third-order valence-electron chi connectivity index (χ3n) is 3.58. The predicted octanol–water partition coefficient (Wildman–Crippen LogP) is 2.76. The van der Waals surface area contributed by atoms with E-state index in [9.17, 15) is 19.6 Å². The predicted molar refractivity (Wildman–Crippen MR) is 76.2 cm³/mol. The van der Waals surface area contributed by atoms with Crippen molar-refractivity contribution in [1.82, 2.24) is 0 Å². The number of hydrogen-bond acceptors (Lipinski definition) is 4. The number of aromatic hydroxyl groups is 1. The highest BCUT2D eigenvalue weighted by molar-refractivity contribution is 6.12. The third-order valence-corrected chi connectivity index (χ3v) is 3.58. The van der Waals surface area contributed by atoms with Gasteiger partial charge in [-0.2, -0.15) is 5.26 Å². The third kappa shape index (κ3) is 1.87. The molecule has 1 atom stereocenters. The SMILES string of the molecule is COc1cc(F)c2c(c1)C(C#N)N(c1ccccc1O)C2=O. The van der Waals surface area contributed by atoms with Gasteiger partial charge in [0.25, 0.3) is 5.91 Å².